The Balaban J connectivity index is 1.09. The Labute approximate surface area is 238 Å². The molecule has 1 saturated heterocycles. The van der Waals surface area contributed by atoms with Gasteiger partial charge in [-0.2, -0.15) is 0 Å². The first-order chi connectivity index (χ1) is 19.4. The minimum absolute atomic E-state index is 0.0739. The molecule has 2 fully saturated rings. The minimum atomic E-state index is -0.288. The number of likely N-dealkylation sites (tertiary alicyclic amines) is 1. The van der Waals surface area contributed by atoms with Crippen LogP contribution >= 0.6 is 11.6 Å². The fraction of sp³-hybridized carbons (Fsp3) is 0.312. The van der Waals surface area contributed by atoms with Gasteiger partial charge in [0.1, 0.15) is 0 Å². The molecule has 2 amide bonds. The van der Waals surface area contributed by atoms with Crippen molar-refractivity contribution in [3.63, 3.8) is 0 Å². The van der Waals surface area contributed by atoms with Gasteiger partial charge in [0.2, 0.25) is 5.91 Å². The molecular weight excluding hydrogens is 524 g/mol. The van der Waals surface area contributed by atoms with Crippen LogP contribution in [-0.2, 0) is 11.3 Å². The molecular formula is C32H33ClN4O3. The fourth-order valence-electron chi connectivity index (χ4n) is 6.03. The number of benzene rings is 3. The lowest BCUT2D eigenvalue weighted by Crippen LogP contribution is -2.41. The highest BCUT2D eigenvalue weighted by Gasteiger charge is 2.34. The van der Waals surface area contributed by atoms with Crippen molar-refractivity contribution in [1.29, 1.82) is 0 Å². The molecule has 206 valence electrons. The summed E-state index contributed by atoms with van der Waals surface area (Å²) in [6, 6.07) is 21.4. The molecule has 4 N–H and O–H groups in total. The van der Waals surface area contributed by atoms with Gasteiger partial charge in [0.25, 0.3) is 5.91 Å². The third-order valence-electron chi connectivity index (χ3n) is 8.18. The number of nitrogens with zero attached hydrogens (tertiary/aromatic N) is 1. The Morgan fingerprint density at radius 2 is 1.85 bits per heavy atom. The molecule has 0 spiro atoms. The number of anilines is 1. The van der Waals surface area contributed by atoms with Crippen LogP contribution in [0.25, 0.3) is 22.0 Å². The number of fused-ring (bicyclic) bond motifs is 1. The molecule has 1 aromatic heterocycles. The average Bonchev–Trinajstić information content (AvgIpc) is 3.69. The van der Waals surface area contributed by atoms with Crippen molar-refractivity contribution in [2.75, 3.05) is 18.4 Å². The number of carbonyl (C=O) groups is 2. The largest absolute Gasteiger partial charge is 0.392 e. The number of aliphatic hydroxyl groups excluding tert-OH is 1. The van der Waals surface area contributed by atoms with Crippen LogP contribution in [0.1, 0.15) is 41.6 Å². The van der Waals surface area contributed by atoms with Crippen LogP contribution in [0.15, 0.2) is 72.9 Å². The summed E-state index contributed by atoms with van der Waals surface area (Å²) in [4.78, 5) is 31.6. The Morgan fingerprint density at radius 3 is 2.65 bits per heavy atom. The SMILES string of the molecule is O=C(N[C@@H]1CCC[C@@H]1C(=O)Nc1ccc(-c2ccccc2CN2CCC(O)C2)cc1)c1ccc2c(Cl)c[nH]c2c1. The van der Waals surface area contributed by atoms with Crippen molar-refractivity contribution in [3.8, 4) is 11.1 Å². The van der Waals surface area contributed by atoms with Crippen molar-refractivity contribution in [2.24, 2.45) is 5.92 Å². The highest BCUT2D eigenvalue weighted by Crippen LogP contribution is 2.30. The van der Waals surface area contributed by atoms with E-state index in [0.717, 1.165) is 66.5 Å². The summed E-state index contributed by atoms with van der Waals surface area (Å²) >= 11 is 6.16. The zero-order chi connectivity index (χ0) is 27.6. The van der Waals surface area contributed by atoms with E-state index in [4.69, 9.17) is 11.6 Å². The maximum absolute atomic E-state index is 13.2. The van der Waals surface area contributed by atoms with Crippen LogP contribution < -0.4 is 10.6 Å². The van der Waals surface area contributed by atoms with E-state index < -0.39 is 0 Å². The van der Waals surface area contributed by atoms with Gasteiger partial charge in [-0.15, -0.1) is 0 Å². The number of hydrogen-bond donors (Lipinski definition) is 4. The smallest absolute Gasteiger partial charge is 0.251 e. The second-order valence-electron chi connectivity index (χ2n) is 10.9. The van der Waals surface area contributed by atoms with Gasteiger partial charge in [-0.05, 0) is 60.2 Å². The molecule has 1 aliphatic carbocycles. The van der Waals surface area contributed by atoms with Crippen molar-refractivity contribution in [3.05, 3.63) is 89.1 Å². The number of aromatic nitrogens is 1. The summed E-state index contributed by atoms with van der Waals surface area (Å²) in [6.07, 6.45) is 4.68. The number of β-amino-alcohol motifs (C(OH)–C–C–N with tert-alkyl or cyclic N) is 1. The van der Waals surface area contributed by atoms with E-state index >= 15 is 0 Å². The number of H-pyrrole nitrogens is 1. The normalized spacial score (nSPS) is 21.1. The van der Waals surface area contributed by atoms with Gasteiger partial charge in [-0.1, -0.05) is 60.5 Å². The number of aliphatic hydroxyl groups is 1. The molecule has 1 saturated carbocycles. The Kier molecular flexibility index (Phi) is 7.61. The molecule has 3 aromatic carbocycles. The number of amides is 2. The first-order valence-corrected chi connectivity index (χ1v) is 14.3. The minimum Gasteiger partial charge on any atom is -0.392 e. The third-order valence-corrected chi connectivity index (χ3v) is 8.50. The van der Waals surface area contributed by atoms with E-state index in [1.807, 2.05) is 42.5 Å². The molecule has 2 heterocycles. The van der Waals surface area contributed by atoms with E-state index in [1.54, 1.807) is 18.3 Å². The maximum atomic E-state index is 13.2. The lowest BCUT2D eigenvalue weighted by Gasteiger charge is -2.21. The Hall–Kier alpha value is -3.65. The molecule has 2 aliphatic rings. The number of rotatable bonds is 7. The fourth-order valence-corrected chi connectivity index (χ4v) is 6.25. The van der Waals surface area contributed by atoms with Gasteiger partial charge in [0.05, 0.1) is 17.0 Å². The standard InChI is InChI=1S/C32H33ClN4O3/c33-28-17-34-30-16-21(10-13-26(28)30)31(39)36-29-7-3-6-27(29)32(40)35-23-11-8-20(9-12-23)25-5-2-1-4-22(25)18-37-15-14-24(38)19-37/h1-2,4-5,8-13,16-17,24,27,29,34,38H,3,6-7,14-15,18-19H2,(H,35,40)(H,36,39)/t24?,27-,29+/m0/s1. The second kappa shape index (κ2) is 11.5. The van der Waals surface area contributed by atoms with E-state index in [0.29, 0.717) is 17.1 Å². The van der Waals surface area contributed by atoms with E-state index in [9.17, 15) is 14.7 Å². The van der Waals surface area contributed by atoms with Crippen molar-refractivity contribution in [1.82, 2.24) is 15.2 Å². The Bertz CT molecular complexity index is 1530. The number of nitrogens with one attached hydrogen (secondary N) is 3. The van der Waals surface area contributed by atoms with Crippen LogP contribution in [0, 0.1) is 5.92 Å². The predicted octanol–water partition coefficient (Wildman–Crippen LogP) is 5.59. The number of aromatic amines is 1. The van der Waals surface area contributed by atoms with E-state index in [2.05, 4.69) is 32.7 Å². The van der Waals surface area contributed by atoms with E-state index in [-0.39, 0.29) is 29.9 Å². The molecule has 8 heteroatoms. The van der Waals surface area contributed by atoms with Gasteiger partial charge in [0, 0.05) is 54.0 Å². The third kappa shape index (κ3) is 5.63. The first kappa shape index (κ1) is 26.6. The molecule has 40 heavy (non-hydrogen) atoms. The summed E-state index contributed by atoms with van der Waals surface area (Å²) in [6.45, 7) is 2.41. The molecule has 0 bridgehead atoms. The zero-order valence-electron chi connectivity index (χ0n) is 22.2. The van der Waals surface area contributed by atoms with Crippen LogP contribution in [-0.4, -0.2) is 52.0 Å². The Morgan fingerprint density at radius 1 is 1.02 bits per heavy atom. The van der Waals surface area contributed by atoms with Gasteiger partial charge in [-0.3, -0.25) is 14.5 Å². The first-order valence-electron chi connectivity index (χ1n) is 13.9. The highest BCUT2D eigenvalue weighted by atomic mass is 35.5. The molecule has 3 atom stereocenters. The molecule has 4 aromatic rings. The lowest BCUT2D eigenvalue weighted by atomic mass is 9.98. The maximum Gasteiger partial charge on any atom is 0.251 e. The van der Waals surface area contributed by atoms with Crippen molar-refractivity contribution >= 4 is 40.0 Å². The number of hydrogen-bond acceptors (Lipinski definition) is 4. The van der Waals surface area contributed by atoms with E-state index in [1.165, 1.54) is 5.56 Å². The topological polar surface area (TPSA) is 97.5 Å². The summed E-state index contributed by atoms with van der Waals surface area (Å²) in [5.74, 6) is -0.553. The predicted molar refractivity (Wildman–Crippen MR) is 158 cm³/mol. The number of halogens is 1. The van der Waals surface area contributed by atoms with Crippen LogP contribution in [0.3, 0.4) is 0 Å². The van der Waals surface area contributed by atoms with Gasteiger partial charge >= 0.3 is 0 Å². The van der Waals surface area contributed by atoms with Gasteiger partial charge in [0.15, 0.2) is 0 Å². The quantitative estimate of drug-likeness (QED) is 0.238. The van der Waals surface area contributed by atoms with Crippen molar-refractivity contribution < 1.29 is 14.7 Å². The monoisotopic (exact) mass is 556 g/mol. The van der Waals surface area contributed by atoms with Gasteiger partial charge < -0.3 is 20.7 Å². The summed E-state index contributed by atoms with van der Waals surface area (Å²) in [5.41, 5.74) is 5.53. The highest BCUT2D eigenvalue weighted by molar-refractivity contribution is 6.35. The molecule has 0 radical (unpaired) electrons. The van der Waals surface area contributed by atoms with Crippen LogP contribution in [0.4, 0.5) is 5.69 Å². The number of carbonyl (C=O) groups excluding carboxylic acids is 2. The molecule has 1 unspecified atom stereocenters. The van der Waals surface area contributed by atoms with Crippen LogP contribution in [0.5, 0.6) is 0 Å². The summed E-state index contributed by atoms with van der Waals surface area (Å²) in [7, 11) is 0. The van der Waals surface area contributed by atoms with Crippen LogP contribution in [0.2, 0.25) is 5.02 Å². The summed E-state index contributed by atoms with van der Waals surface area (Å²) in [5, 5.41) is 17.5. The van der Waals surface area contributed by atoms with Gasteiger partial charge in [-0.25, -0.2) is 0 Å². The zero-order valence-corrected chi connectivity index (χ0v) is 23.0. The summed E-state index contributed by atoms with van der Waals surface area (Å²) < 4.78 is 0. The second-order valence-corrected chi connectivity index (χ2v) is 11.3. The lowest BCUT2D eigenvalue weighted by molar-refractivity contribution is -0.120. The van der Waals surface area contributed by atoms with Crippen molar-refractivity contribution in [2.45, 2.75) is 44.4 Å². The average molecular weight is 557 g/mol. The molecule has 7 nitrogen and oxygen atoms in total. The molecule has 1 aliphatic heterocycles. The molecule has 6 rings (SSSR count).